The molecule has 0 radical (unpaired) electrons. The molecule has 19 heavy (non-hydrogen) atoms. The maximum Gasteiger partial charge on any atom is 0.223 e. The number of rotatable bonds is 4. The highest BCUT2D eigenvalue weighted by atomic mass is 16.5. The lowest BCUT2D eigenvalue weighted by Gasteiger charge is -2.35. The van der Waals surface area contributed by atoms with Gasteiger partial charge in [0.25, 0.3) is 0 Å². The van der Waals surface area contributed by atoms with E-state index in [1.807, 2.05) is 6.92 Å². The van der Waals surface area contributed by atoms with E-state index in [0.29, 0.717) is 5.89 Å². The van der Waals surface area contributed by atoms with Crippen LogP contribution >= 0.6 is 0 Å². The van der Waals surface area contributed by atoms with Crippen molar-refractivity contribution in [2.24, 2.45) is 5.92 Å². The van der Waals surface area contributed by atoms with Crippen molar-refractivity contribution in [3.8, 4) is 0 Å². The van der Waals surface area contributed by atoms with Crippen LogP contribution in [-0.4, -0.2) is 65.9 Å². The van der Waals surface area contributed by atoms with Gasteiger partial charge in [0.15, 0.2) is 5.82 Å². The van der Waals surface area contributed by atoms with E-state index in [1.54, 1.807) is 0 Å². The minimum absolute atomic E-state index is 0.648. The molecule has 2 aliphatic rings. The third-order valence-electron chi connectivity index (χ3n) is 3.94. The molecule has 0 N–H and O–H groups in total. The fourth-order valence-electron chi connectivity index (χ4n) is 2.83. The van der Waals surface area contributed by atoms with Gasteiger partial charge in [0.1, 0.15) is 0 Å². The standard InChI is InChI=1S/C13H22N4O2/c1-11-14-13(15-19-11)9-17-5-3-16(4-6-17)8-12-2-7-18-10-12/h12H,2-10H2,1H3/t12-/m0/s1. The van der Waals surface area contributed by atoms with E-state index in [1.165, 1.54) is 13.0 Å². The van der Waals surface area contributed by atoms with E-state index in [-0.39, 0.29) is 0 Å². The van der Waals surface area contributed by atoms with Crippen LogP contribution in [0.5, 0.6) is 0 Å². The van der Waals surface area contributed by atoms with Gasteiger partial charge in [-0.3, -0.25) is 4.90 Å². The minimum atomic E-state index is 0.648. The number of nitrogens with zero attached hydrogens (tertiary/aromatic N) is 4. The van der Waals surface area contributed by atoms with Gasteiger partial charge < -0.3 is 14.2 Å². The fraction of sp³-hybridized carbons (Fsp3) is 0.846. The summed E-state index contributed by atoms with van der Waals surface area (Å²) in [6, 6.07) is 0. The average molecular weight is 266 g/mol. The third-order valence-corrected chi connectivity index (χ3v) is 3.94. The van der Waals surface area contributed by atoms with E-state index in [0.717, 1.165) is 57.7 Å². The summed E-state index contributed by atoms with van der Waals surface area (Å²) in [5, 5.41) is 3.95. The molecule has 1 aromatic rings. The molecular weight excluding hydrogens is 244 g/mol. The molecule has 2 fully saturated rings. The maximum atomic E-state index is 5.44. The van der Waals surface area contributed by atoms with Gasteiger partial charge in [0, 0.05) is 46.3 Å². The number of aromatic nitrogens is 2. The summed E-state index contributed by atoms with van der Waals surface area (Å²) in [7, 11) is 0. The number of hydrogen-bond acceptors (Lipinski definition) is 6. The van der Waals surface area contributed by atoms with Gasteiger partial charge in [-0.1, -0.05) is 5.16 Å². The second-order valence-corrected chi connectivity index (χ2v) is 5.54. The monoisotopic (exact) mass is 266 g/mol. The van der Waals surface area contributed by atoms with Gasteiger partial charge in [0.2, 0.25) is 5.89 Å². The molecule has 106 valence electrons. The fourth-order valence-corrected chi connectivity index (χ4v) is 2.83. The Morgan fingerprint density at radius 2 is 2.00 bits per heavy atom. The van der Waals surface area contributed by atoms with Crippen LogP contribution in [0.15, 0.2) is 4.52 Å². The lowest BCUT2D eigenvalue weighted by Crippen LogP contribution is -2.47. The first-order valence-electron chi connectivity index (χ1n) is 7.11. The maximum absolute atomic E-state index is 5.44. The molecule has 0 aliphatic carbocycles. The molecule has 0 bridgehead atoms. The molecule has 0 saturated carbocycles. The first kappa shape index (κ1) is 13.0. The number of hydrogen-bond donors (Lipinski definition) is 0. The van der Waals surface area contributed by atoms with Crippen molar-refractivity contribution in [2.45, 2.75) is 19.9 Å². The number of ether oxygens (including phenoxy) is 1. The molecule has 0 amide bonds. The average Bonchev–Trinajstić information content (AvgIpc) is 3.04. The van der Waals surface area contributed by atoms with Crippen LogP contribution < -0.4 is 0 Å². The Bertz CT molecular complexity index is 395. The Morgan fingerprint density at radius 1 is 1.21 bits per heavy atom. The summed E-state index contributed by atoms with van der Waals surface area (Å²) in [6.07, 6.45) is 1.22. The quantitative estimate of drug-likeness (QED) is 0.792. The van der Waals surface area contributed by atoms with E-state index >= 15 is 0 Å². The molecule has 0 aromatic carbocycles. The lowest BCUT2D eigenvalue weighted by atomic mass is 10.1. The second kappa shape index (κ2) is 5.98. The van der Waals surface area contributed by atoms with Crippen molar-refractivity contribution in [3.05, 3.63) is 11.7 Å². The highest BCUT2D eigenvalue weighted by Crippen LogP contribution is 2.15. The van der Waals surface area contributed by atoms with Crippen molar-refractivity contribution >= 4 is 0 Å². The molecule has 6 heteroatoms. The first-order valence-corrected chi connectivity index (χ1v) is 7.11. The SMILES string of the molecule is Cc1nc(CN2CCN(C[C@@H]3CCOC3)CC2)no1. The van der Waals surface area contributed by atoms with Crippen LogP contribution in [0, 0.1) is 12.8 Å². The molecule has 1 atom stereocenters. The summed E-state index contributed by atoms with van der Waals surface area (Å²) in [4.78, 5) is 9.21. The van der Waals surface area contributed by atoms with Crippen molar-refractivity contribution in [3.63, 3.8) is 0 Å². The van der Waals surface area contributed by atoms with Crippen molar-refractivity contribution < 1.29 is 9.26 Å². The largest absolute Gasteiger partial charge is 0.381 e. The normalized spacial score (nSPS) is 26.1. The van der Waals surface area contributed by atoms with Gasteiger partial charge >= 0.3 is 0 Å². The van der Waals surface area contributed by atoms with Gasteiger partial charge in [-0.25, -0.2) is 0 Å². The third kappa shape index (κ3) is 3.52. The zero-order valence-electron chi connectivity index (χ0n) is 11.5. The zero-order chi connectivity index (χ0) is 13.1. The van der Waals surface area contributed by atoms with Crippen LogP contribution in [-0.2, 0) is 11.3 Å². The molecular formula is C13H22N4O2. The second-order valence-electron chi connectivity index (χ2n) is 5.54. The van der Waals surface area contributed by atoms with E-state index in [2.05, 4.69) is 19.9 Å². The predicted molar refractivity (Wildman–Crippen MR) is 69.7 cm³/mol. The van der Waals surface area contributed by atoms with Gasteiger partial charge in [0.05, 0.1) is 13.2 Å². The van der Waals surface area contributed by atoms with Crippen molar-refractivity contribution in [1.82, 2.24) is 19.9 Å². The van der Waals surface area contributed by atoms with Crippen molar-refractivity contribution in [1.29, 1.82) is 0 Å². The molecule has 2 saturated heterocycles. The molecule has 0 unspecified atom stereocenters. The molecule has 1 aromatic heterocycles. The summed E-state index contributed by atoms with van der Waals surface area (Å²) in [5.74, 6) is 2.19. The van der Waals surface area contributed by atoms with E-state index in [9.17, 15) is 0 Å². The Morgan fingerprint density at radius 3 is 2.63 bits per heavy atom. The molecule has 2 aliphatic heterocycles. The van der Waals surface area contributed by atoms with Crippen LogP contribution in [0.4, 0.5) is 0 Å². The smallest absolute Gasteiger partial charge is 0.223 e. The van der Waals surface area contributed by atoms with Crippen LogP contribution in [0.25, 0.3) is 0 Å². The topological polar surface area (TPSA) is 54.6 Å². The van der Waals surface area contributed by atoms with E-state index < -0.39 is 0 Å². The molecule has 3 rings (SSSR count). The van der Waals surface area contributed by atoms with Gasteiger partial charge in [-0.15, -0.1) is 0 Å². The van der Waals surface area contributed by atoms with Gasteiger partial charge in [-0.05, 0) is 12.3 Å². The summed E-state index contributed by atoms with van der Waals surface area (Å²) in [5.41, 5.74) is 0. The minimum Gasteiger partial charge on any atom is -0.381 e. The zero-order valence-corrected chi connectivity index (χ0v) is 11.5. The Balaban J connectivity index is 1.41. The summed E-state index contributed by atoms with van der Waals surface area (Å²) >= 11 is 0. The predicted octanol–water partition coefficient (Wildman–Crippen LogP) is 0.532. The number of aryl methyl sites for hydroxylation is 1. The highest BCUT2D eigenvalue weighted by Gasteiger charge is 2.23. The van der Waals surface area contributed by atoms with Gasteiger partial charge in [-0.2, -0.15) is 4.98 Å². The Kier molecular flexibility index (Phi) is 4.10. The first-order chi connectivity index (χ1) is 9.29. The molecule has 0 spiro atoms. The molecule has 3 heterocycles. The summed E-state index contributed by atoms with van der Waals surface area (Å²) < 4.78 is 10.4. The van der Waals surface area contributed by atoms with Crippen molar-refractivity contribution in [2.75, 3.05) is 45.9 Å². The van der Waals surface area contributed by atoms with Crippen LogP contribution in [0.2, 0.25) is 0 Å². The molecule has 6 nitrogen and oxygen atoms in total. The van der Waals surface area contributed by atoms with Crippen LogP contribution in [0.3, 0.4) is 0 Å². The summed E-state index contributed by atoms with van der Waals surface area (Å²) in [6.45, 7) is 10.2. The number of piperazine rings is 1. The van der Waals surface area contributed by atoms with E-state index in [4.69, 9.17) is 9.26 Å². The highest BCUT2D eigenvalue weighted by molar-refractivity contribution is 4.85. The van der Waals surface area contributed by atoms with Crippen LogP contribution in [0.1, 0.15) is 18.1 Å². The lowest BCUT2D eigenvalue weighted by molar-refractivity contribution is 0.104. The Labute approximate surface area is 113 Å². The Hall–Kier alpha value is -0.980.